The van der Waals surface area contributed by atoms with E-state index in [4.69, 9.17) is 9.47 Å². The molecule has 0 aliphatic rings. The van der Waals surface area contributed by atoms with Gasteiger partial charge in [-0.15, -0.1) is 0 Å². The Morgan fingerprint density at radius 2 is 1.88 bits per heavy atom. The van der Waals surface area contributed by atoms with E-state index >= 15 is 0 Å². The van der Waals surface area contributed by atoms with Crippen molar-refractivity contribution in [3.63, 3.8) is 0 Å². The van der Waals surface area contributed by atoms with E-state index in [0.717, 1.165) is 10.0 Å². The third-order valence-electron chi connectivity index (χ3n) is 3.11. The number of benzene rings is 2. The maximum Gasteiger partial charge on any atom is 0.347 e. The molecule has 0 saturated heterocycles. The molecule has 5 nitrogen and oxygen atoms in total. The fourth-order valence-electron chi connectivity index (χ4n) is 1.93. The third kappa shape index (κ3) is 5.70. The maximum atomic E-state index is 11.9. The average Bonchev–Trinajstić information content (AvgIpc) is 2.54. The molecular weight excluding hydrogens is 374 g/mol. The summed E-state index contributed by atoms with van der Waals surface area (Å²) < 4.78 is 11.4. The van der Waals surface area contributed by atoms with Gasteiger partial charge in [0.2, 0.25) is 0 Å². The number of aryl methyl sites for hydroxylation is 1. The maximum absolute atomic E-state index is 11.9. The van der Waals surface area contributed by atoms with Gasteiger partial charge in [-0.25, -0.2) is 4.79 Å². The van der Waals surface area contributed by atoms with Gasteiger partial charge in [0.1, 0.15) is 5.75 Å². The Labute approximate surface area is 149 Å². The zero-order valence-electron chi connectivity index (χ0n) is 13.4. The zero-order valence-corrected chi connectivity index (χ0v) is 15.0. The molecule has 126 valence electrons. The molecule has 1 amide bonds. The van der Waals surface area contributed by atoms with Gasteiger partial charge in [0.25, 0.3) is 5.91 Å². The highest BCUT2D eigenvalue weighted by Gasteiger charge is 2.18. The lowest BCUT2D eigenvalue weighted by molar-refractivity contribution is -0.153. The Kier molecular flexibility index (Phi) is 6.37. The molecule has 0 saturated carbocycles. The van der Waals surface area contributed by atoms with Gasteiger partial charge in [-0.1, -0.05) is 28.1 Å². The molecule has 1 N–H and O–H groups in total. The zero-order chi connectivity index (χ0) is 17.5. The molecule has 2 aromatic rings. The summed E-state index contributed by atoms with van der Waals surface area (Å²) in [7, 11) is 0. The van der Waals surface area contributed by atoms with Crippen LogP contribution in [0.25, 0.3) is 0 Å². The van der Waals surface area contributed by atoms with E-state index in [9.17, 15) is 9.59 Å². The summed E-state index contributed by atoms with van der Waals surface area (Å²) >= 11 is 3.31. The van der Waals surface area contributed by atoms with E-state index in [0.29, 0.717) is 11.4 Å². The average molecular weight is 392 g/mol. The molecule has 0 aliphatic heterocycles. The standard InChI is InChI=1S/C18H18BrNO4/c1-12-4-3-5-16(10-12)24-13(2)18(22)23-11-17(21)20-15-8-6-14(19)7-9-15/h3-10,13H,11H2,1-2H3,(H,20,21)/t13-/m0/s1. The van der Waals surface area contributed by atoms with Gasteiger partial charge in [0.15, 0.2) is 12.7 Å². The van der Waals surface area contributed by atoms with Crippen molar-refractivity contribution in [1.29, 1.82) is 0 Å². The Balaban J connectivity index is 1.79. The van der Waals surface area contributed by atoms with Crippen molar-refractivity contribution in [3.8, 4) is 5.75 Å². The summed E-state index contributed by atoms with van der Waals surface area (Å²) in [5, 5.41) is 2.64. The number of amides is 1. The van der Waals surface area contributed by atoms with Crippen LogP contribution in [0.3, 0.4) is 0 Å². The number of carbonyl (C=O) groups is 2. The van der Waals surface area contributed by atoms with Crippen LogP contribution < -0.4 is 10.1 Å². The highest BCUT2D eigenvalue weighted by Crippen LogP contribution is 2.15. The van der Waals surface area contributed by atoms with Crippen LogP contribution in [0.2, 0.25) is 0 Å². The van der Waals surface area contributed by atoms with Crippen molar-refractivity contribution in [2.45, 2.75) is 20.0 Å². The first-order valence-electron chi connectivity index (χ1n) is 7.39. The Hall–Kier alpha value is -2.34. The third-order valence-corrected chi connectivity index (χ3v) is 3.64. The lowest BCUT2D eigenvalue weighted by atomic mass is 10.2. The van der Waals surface area contributed by atoms with Crippen LogP contribution in [-0.2, 0) is 14.3 Å². The summed E-state index contributed by atoms with van der Waals surface area (Å²) in [6.45, 7) is 3.15. The molecule has 0 radical (unpaired) electrons. The van der Waals surface area contributed by atoms with E-state index in [-0.39, 0.29) is 6.61 Å². The molecule has 0 unspecified atom stereocenters. The Bertz CT molecular complexity index is 715. The van der Waals surface area contributed by atoms with E-state index in [1.54, 1.807) is 37.3 Å². The molecule has 0 aromatic heterocycles. The van der Waals surface area contributed by atoms with E-state index in [1.807, 2.05) is 25.1 Å². The fraction of sp³-hybridized carbons (Fsp3) is 0.222. The van der Waals surface area contributed by atoms with Crippen LogP contribution in [-0.4, -0.2) is 24.6 Å². The predicted molar refractivity (Wildman–Crippen MR) is 95.0 cm³/mol. The lowest BCUT2D eigenvalue weighted by Crippen LogP contribution is -2.29. The van der Waals surface area contributed by atoms with Crippen molar-refractivity contribution in [2.24, 2.45) is 0 Å². The Morgan fingerprint density at radius 3 is 2.54 bits per heavy atom. The van der Waals surface area contributed by atoms with Gasteiger partial charge in [-0.2, -0.15) is 0 Å². The summed E-state index contributed by atoms with van der Waals surface area (Å²) in [6.07, 6.45) is -0.799. The van der Waals surface area contributed by atoms with Gasteiger partial charge in [-0.05, 0) is 55.8 Å². The first kappa shape index (κ1) is 18.0. The molecular formula is C18H18BrNO4. The lowest BCUT2D eigenvalue weighted by Gasteiger charge is -2.14. The monoisotopic (exact) mass is 391 g/mol. The first-order chi connectivity index (χ1) is 11.4. The van der Waals surface area contributed by atoms with Crippen LogP contribution >= 0.6 is 15.9 Å². The van der Waals surface area contributed by atoms with Crippen molar-refractivity contribution in [2.75, 3.05) is 11.9 Å². The van der Waals surface area contributed by atoms with Gasteiger partial charge < -0.3 is 14.8 Å². The van der Waals surface area contributed by atoms with E-state index < -0.39 is 18.0 Å². The van der Waals surface area contributed by atoms with Crippen LogP contribution in [0.15, 0.2) is 53.0 Å². The second-order valence-corrected chi connectivity index (χ2v) is 6.16. The SMILES string of the molecule is Cc1cccc(O[C@@H](C)C(=O)OCC(=O)Nc2ccc(Br)cc2)c1. The van der Waals surface area contributed by atoms with Gasteiger partial charge in [0.05, 0.1) is 0 Å². The van der Waals surface area contributed by atoms with Crippen molar-refractivity contribution < 1.29 is 19.1 Å². The molecule has 0 aliphatic carbocycles. The molecule has 0 heterocycles. The van der Waals surface area contributed by atoms with Gasteiger partial charge in [0, 0.05) is 10.2 Å². The van der Waals surface area contributed by atoms with Crippen molar-refractivity contribution in [3.05, 3.63) is 58.6 Å². The number of nitrogens with one attached hydrogen (secondary N) is 1. The minimum Gasteiger partial charge on any atom is -0.479 e. The molecule has 0 spiro atoms. The quantitative estimate of drug-likeness (QED) is 0.762. The second-order valence-electron chi connectivity index (χ2n) is 5.24. The smallest absolute Gasteiger partial charge is 0.347 e. The van der Waals surface area contributed by atoms with Crippen molar-refractivity contribution >= 4 is 33.5 Å². The minimum absolute atomic E-state index is 0.365. The first-order valence-corrected chi connectivity index (χ1v) is 8.19. The summed E-state index contributed by atoms with van der Waals surface area (Å²) in [6, 6.07) is 14.5. The molecule has 0 fully saturated rings. The number of rotatable bonds is 6. The number of hydrogen-bond acceptors (Lipinski definition) is 4. The minimum atomic E-state index is -0.799. The van der Waals surface area contributed by atoms with Crippen LogP contribution in [0.4, 0.5) is 5.69 Å². The second kappa shape index (κ2) is 8.49. The highest BCUT2D eigenvalue weighted by molar-refractivity contribution is 9.10. The summed E-state index contributed by atoms with van der Waals surface area (Å²) in [5.74, 6) is -0.422. The molecule has 0 bridgehead atoms. The highest BCUT2D eigenvalue weighted by atomic mass is 79.9. The summed E-state index contributed by atoms with van der Waals surface area (Å²) in [5.41, 5.74) is 1.66. The number of halogens is 1. The van der Waals surface area contributed by atoms with Crippen LogP contribution in [0.5, 0.6) is 5.75 Å². The van der Waals surface area contributed by atoms with Gasteiger partial charge >= 0.3 is 5.97 Å². The largest absolute Gasteiger partial charge is 0.479 e. The van der Waals surface area contributed by atoms with Crippen LogP contribution in [0, 0.1) is 6.92 Å². The van der Waals surface area contributed by atoms with E-state index in [2.05, 4.69) is 21.2 Å². The number of esters is 1. The molecule has 24 heavy (non-hydrogen) atoms. The molecule has 1 atom stereocenters. The van der Waals surface area contributed by atoms with Crippen LogP contribution in [0.1, 0.15) is 12.5 Å². The normalized spacial score (nSPS) is 11.5. The number of carbonyl (C=O) groups excluding carboxylic acids is 2. The molecule has 6 heteroatoms. The topological polar surface area (TPSA) is 64.6 Å². The van der Waals surface area contributed by atoms with Gasteiger partial charge in [-0.3, -0.25) is 4.79 Å². The number of ether oxygens (including phenoxy) is 2. The fourth-order valence-corrected chi connectivity index (χ4v) is 2.19. The van der Waals surface area contributed by atoms with Crippen molar-refractivity contribution in [1.82, 2.24) is 0 Å². The summed E-state index contributed by atoms with van der Waals surface area (Å²) in [4.78, 5) is 23.7. The number of anilines is 1. The molecule has 2 aromatic carbocycles. The van der Waals surface area contributed by atoms with E-state index in [1.165, 1.54) is 0 Å². The molecule has 2 rings (SSSR count). The number of hydrogen-bond donors (Lipinski definition) is 1. The predicted octanol–water partition coefficient (Wildman–Crippen LogP) is 3.71. The Morgan fingerprint density at radius 1 is 1.17 bits per heavy atom.